The summed E-state index contributed by atoms with van der Waals surface area (Å²) in [5.74, 6) is 1.91. The van der Waals surface area contributed by atoms with Crippen LogP contribution in [-0.4, -0.2) is 20.1 Å². The molecule has 1 amide bonds. The molecule has 0 aromatic heterocycles. The van der Waals surface area contributed by atoms with Gasteiger partial charge in [-0.25, -0.2) is 0 Å². The Morgan fingerprint density at radius 3 is 2.19 bits per heavy atom. The van der Waals surface area contributed by atoms with E-state index in [1.54, 1.807) is 20.3 Å². The molecular weight excluding hydrogens is 386 g/mol. The minimum atomic E-state index is -0.446. The Labute approximate surface area is 183 Å². The van der Waals surface area contributed by atoms with Crippen LogP contribution in [0.15, 0.2) is 72.8 Å². The van der Waals surface area contributed by atoms with E-state index in [2.05, 4.69) is 36.4 Å². The molecule has 2 atom stereocenters. The first kappa shape index (κ1) is 20.7. The number of hydrogen-bond acceptors (Lipinski definition) is 3. The van der Waals surface area contributed by atoms with E-state index in [0.717, 1.165) is 29.9 Å². The van der Waals surface area contributed by atoms with Crippen LogP contribution in [-0.2, 0) is 11.2 Å². The molecular formula is C27H27NO3. The highest BCUT2D eigenvalue weighted by Crippen LogP contribution is 2.47. The van der Waals surface area contributed by atoms with Crippen LogP contribution in [0.25, 0.3) is 6.08 Å². The third kappa shape index (κ3) is 4.48. The second-order valence-electron chi connectivity index (χ2n) is 7.86. The number of primary amides is 1. The van der Waals surface area contributed by atoms with Gasteiger partial charge < -0.3 is 15.2 Å². The number of methoxy groups -OCH3 is 2. The van der Waals surface area contributed by atoms with Crippen molar-refractivity contribution in [2.24, 2.45) is 5.73 Å². The first-order valence-electron chi connectivity index (χ1n) is 10.5. The van der Waals surface area contributed by atoms with Gasteiger partial charge in [-0.3, -0.25) is 4.79 Å². The summed E-state index contributed by atoms with van der Waals surface area (Å²) in [7, 11) is 3.40. The second-order valence-corrected chi connectivity index (χ2v) is 7.86. The van der Waals surface area contributed by atoms with E-state index in [1.165, 1.54) is 28.3 Å². The monoisotopic (exact) mass is 413 g/mol. The summed E-state index contributed by atoms with van der Waals surface area (Å²) < 4.78 is 10.8. The van der Waals surface area contributed by atoms with Gasteiger partial charge in [-0.15, -0.1) is 0 Å². The topological polar surface area (TPSA) is 61.6 Å². The number of hydrogen-bond donors (Lipinski definition) is 1. The Kier molecular flexibility index (Phi) is 6.08. The third-order valence-electron chi connectivity index (χ3n) is 6.09. The highest BCUT2D eigenvalue weighted by molar-refractivity contribution is 5.90. The third-order valence-corrected chi connectivity index (χ3v) is 6.09. The summed E-state index contributed by atoms with van der Waals surface area (Å²) in [6.45, 7) is 0. The molecule has 0 aliphatic heterocycles. The zero-order valence-electron chi connectivity index (χ0n) is 17.9. The Balaban J connectivity index is 1.75. The van der Waals surface area contributed by atoms with Gasteiger partial charge in [0.25, 0.3) is 0 Å². The van der Waals surface area contributed by atoms with Crippen molar-refractivity contribution in [3.8, 4) is 11.5 Å². The minimum Gasteiger partial charge on any atom is -0.497 e. The standard InChI is InChI=1S/C27H27NO3/c1-30-22-11-8-19(9-12-22)24-14-10-21-17-23(31-2)13-15-25(21)27(24)20-6-3-18(4-7-20)5-16-26(28)29/h3-9,11-13,15-17,24,27H,10,14H2,1-2H3,(H2,28,29). The van der Waals surface area contributed by atoms with Gasteiger partial charge in [0, 0.05) is 12.0 Å². The van der Waals surface area contributed by atoms with Crippen molar-refractivity contribution < 1.29 is 14.3 Å². The molecule has 4 nitrogen and oxygen atoms in total. The molecule has 4 heteroatoms. The molecule has 0 radical (unpaired) electrons. The van der Waals surface area contributed by atoms with Crippen molar-refractivity contribution in [3.63, 3.8) is 0 Å². The van der Waals surface area contributed by atoms with Crippen molar-refractivity contribution >= 4 is 12.0 Å². The van der Waals surface area contributed by atoms with Crippen molar-refractivity contribution in [2.75, 3.05) is 14.2 Å². The minimum absolute atomic E-state index is 0.234. The van der Waals surface area contributed by atoms with Crippen LogP contribution >= 0.6 is 0 Å². The average molecular weight is 414 g/mol. The van der Waals surface area contributed by atoms with Crippen LogP contribution in [0.2, 0.25) is 0 Å². The molecule has 31 heavy (non-hydrogen) atoms. The van der Waals surface area contributed by atoms with E-state index in [-0.39, 0.29) is 5.92 Å². The SMILES string of the molecule is COc1ccc(C2CCc3cc(OC)ccc3C2c2ccc(C=CC(N)=O)cc2)cc1. The summed E-state index contributed by atoms with van der Waals surface area (Å²) in [6, 6.07) is 23.2. The lowest BCUT2D eigenvalue weighted by Gasteiger charge is -2.35. The van der Waals surface area contributed by atoms with Gasteiger partial charge in [-0.05, 0) is 76.9 Å². The number of amides is 1. The molecule has 3 aromatic rings. The second kappa shape index (κ2) is 9.09. The molecule has 0 saturated heterocycles. The molecule has 158 valence electrons. The predicted octanol–water partition coefficient (Wildman–Crippen LogP) is 5.06. The lowest BCUT2D eigenvalue weighted by Crippen LogP contribution is -2.20. The van der Waals surface area contributed by atoms with Gasteiger partial charge in [0.05, 0.1) is 14.2 Å². The van der Waals surface area contributed by atoms with E-state index in [0.29, 0.717) is 5.92 Å². The molecule has 3 aromatic carbocycles. The van der Waals surface area contributed by atoms with Gasteiger partial charge >= 0.3 is 0 Å². The largest absolute Gasteiger partial charge is 0.497 e. The smallest absolute Gasteiger partial charge is 0.241 e. The maximum atomic E-state index is 11.0. The number of rotatable bonds is 6. The van der Waals surface area contributed by atoms with Crippen LogP contribution in [0.4, 0.5) is 0 Å². The first-order valence-corrected chi connectivity index (χ1v) is 10.5. The quantitative estimate of drug-likeness (QED) is 0.574. The average Bonchev–Trinajstić information content (AvgIpc) is 2.82. The molecule has 0 spiro atoms. The number of aryl methyl sites for hydroxylation is 1. The number of carbonyl (C=O) groups excluding carboxylic acids is 1. The number of benzene rings is 3. The molecule has 2 N–H and O–H groups in total. The lowest BCUT2D eigenvalue weighted by molar-refractivity contribution is -0.113. The Morgan fingerprint density at radius 2 is 1.55 bits per heavy atom. The van der Waals surface area contributed by atoms with E-state index >= 15 is 0 Å². The lowest BCUT2D eigenvalue weighted by atomic mass is 9.69. The molecule has 0 fully saturated rings. The van der Waals surface area contributed by atoms with E-state index in [9.17, 15) is 4.79 Å². The predicted molar refractivity (Wildman–Crippen MR) is 124 cm³/mol. The fourth-order valence-corrected chi connectivity index (χ4v) is 4.54. The maximum absolute atomic E-state index is 11.0. The maximum Gasteiger partial charge on any atom is 0.241 e. The Hall–Kier alpha value is -3.53. The van der Waals surface area contributed by atoms with Gasteiger partial charge in [-0.2, -0.15) is 0 Å². The number of fused-ring (bicyclic) bond motifs is 1. The van der Waals surface area contributed by atoms with Gasteiger partial charge in [-0.1, -0.05) is 42.5 Å². The molecule has 4 rings (SSSR count). The van der Waals surface area contributed by atoms with E-state index in [1.807, 2.05) is 30.3 Å². The fourth-order valence-electron chi connectivity index (χ4n) is 4.54. The van der Waals surface area contributed by atoms with Crippen LogP contribution in [0.3, 0.4) is 0 Å². The highest BCUT2D eigenvalue weighted by Gasteiger charge is 2.32. The van der Waals surface area contributed by atoms with Crippen molar-refractivity contribution in [1.82, 2.24) is 0 Å². The van der Waals surface area contributed by atoms with Crippen LogP contribution in [0.5, 0.6) is 11.5 Å². The van der Waals surface area contributed by atoms with Crippen molar-refractivity contribution in [3.05, 3.63) is 101 Å². The molecule has 1 aliphatic rings. The number of nitrogens with two attached hydrogens (primary N) is 1. The summed E-state index contributed by atoms with van der Waals surface area (Å²) in [6.07, 6.45) is 5.20. The Bertz CT molecular complexity index is 1080. The summed E-state index contributed by atoms with van der Waals surface area (Å²) in [5.41, 5.74) is 11.4. The van der Waals surface area contributed by atoms with Crippen molar-refractivity contribution in [1.29, 1.82) is 0 Å². The van der Waals surface area contributed by atoms with Gasteiger partial charge in [0.2, 0.25) is 5.91 Å². The normalized spacial score (nSPS) is 17.9. The van der Waals surface area contributed by atoms with E-state index < -0.39 is 5.91 Å². The van der Waals surface area contributed by atoms with Crippen LogP contribution in [0, 0.1) is 0 Å². The molecule has 2 unspecified atom stereocenters. The van der Waals surface area contributed by atoms with Gasteiger partial charge in [0.15, 0.2) is 0 Å². The first-order chi connectivity index (χ1) is 15.1. The fraction of sp³-hybridized carbons (Fsp3) is 0.222. The number of carbonyl (C=O) groups is 1. The summed E-state index contributed by atoms with van der Waals surface area (Å²) >= 11 is 0. The zero-order chi connectivity index (χ0) is 21.8. The van der Waals surface area contributed by atoms with Gasteiger partial charge in [0.1, 0.15) is 11.5 Å². The molecule has 0 saturated carbocycles. The Morgan fingerprint density at radius 1 is 0.903 bits per heavy atom. The molecule has 0 bridgehead atoms. The van der Waals surface area contributed by atoms with Crippen molar-refractivity contribution in [2.45, 2.75) is 24.7 Å². The van der Waals surface area contributed by atoms with Crippen LogP contribution in [0.1, 0.15) is 46.1 Å². The molecule has 1 aliphatic carbocycles. The van der Waals surface area contributed by atoms with E-state index in [4.69, 9.17) is 15.2 Å². The zero-order valence-corrected chi connectivity index (χ0v) is 17.9. The summed E-state index contributed by atoms with van der Waals surface area (Å²) in [5, 5.41) is 0. The van der Waals surface area contributed by atoms with Crippen LogP contribution < -0.4 is 15.2 Å². The number of ether oxygens (including phenoxy) is 2. The molecule has 0 heterocycles. The highest BCUT2D eigenvalue weighted by atomic mass is 16.5. The summed E-state index contributed by atoms with van der Waals surface area (Å²) in [4.78, 5) is 11.0.